The van der Waals surface area contributed by atoms with Crippen LogP contribution in [0.1, 0.15) is 40.0 Å². The van der Waals surface area contributed by atoms with Gasteiger partial charge in [0.25, 0.3) is 0 Å². The SMILES string of the molecule is CC1(C)C2CCC1(C)C(NS(=O)(=O)c1cn[nH]c1N)C2. The maximum Gasteiger partial charge on any atom is 0.246 e. The van der Waals surface area contributed by atoms with Crippen LogP contribution in [0.25, 0.3) is 0 Å². The molecule has 0 radical (unpaired) electrons. The van der Waals surface area contributed by atoms with Gasteiger partial charge in [0.05, 0.1) is 6.20 Å². The number of fused-ring (bicyclic) bond motifs is 2. The molecule has 2 bridgehead atoms. The maximum atomic E-state index is 12.4. The highest BCUT2D eigenvalue weighted by Crippen LogP contribution is 2.65. The molecule has 3 atom stereocenters. The summed E-state index contributed by atoms with van der Waals surface area (Å²) in [6.07, 6.45) is 4.42. The molecule has 2 aliphatic carbocycles. The van der Waals surface area contributed by atoms with E-state index in [1.165, 1.54) is 12.6 Å². The largest absolute Gasteiger partial charge is 0.383 e. The van der Waals surface area contributed by atoms with Crippen LogP contribution in [0.3, 0.4) is 0 Å². The lowest BCUT2D eigenvalue weighted by atomic mass is 9.69. The predicted molar refractivity (Wildman–Crippen MR) is 76.3 cm³/mol. The van der Waals surface area contributed by atoms with Gasteiger partial charge in [-0.25, -0.2) is 13.1 Å². The van der Waals surface area contributed by atoms with E-state index in [2.05, 4.69) is 35.7 Å². The van der Waals surface area contributed by atoms with E-state index in [4.69, 9.17) is 5.73 Å². The molecule has 3 rings (SSSR count). The van der Waals surface area contributed by atoms with Crippen molar-refractivity contribution >= 4 is 15.8 Å². The molecule has 2 saturated carbocycles. The Labute approximate surface area is 119 Å². The zero-order chi connectivity index (χ0) is 14.8. The highest BCUT2D eigenvalue weighted by molar-refractivity contribution is 7.89. The topological polar surface area (TPSA) is 101 Å². The normalized spacial score (nSPS) is 35.5. The number of nitrogens with two attached hydrogens (primary N) is 1. The van der Waals surface area contributed by atoms with E-state index in [-0.39, 0.29) is 27.6 Å². The fourth-order valence-corrected chi connectivity index (χ4v) is 5.52. The second kappa shape index (κ2) is 3.98. The minimum atomic E-state index is -3.61. The van der Waals surface area contributed by atoms with Crippen molar-refractivity contribution in [2.75, 3.05) is 5.73 Å². The van der Waals surface area contributed by atoms with Gasteiger partial charge in [0, 0.05) is 6.04 Å². The lowest BCUT2D eigenvalue weighted by molar-refractivity contribution is 0.130. The molecule has 0 aliphatic heterocycles. The van der Waals surface area contributed by atoms with Crippen LogP contribution in [0.5, 0.6) is 0 Å². The molecule has 6 nitrogen and oxygen atoms in total. The van der Waals surface area contributed by atoms with Gasteiger partial charge in [0.2, 0.25) is 10.0 Å². The first kappa shape index (κ1) is 13.9. The van der Waals surface area contributed by atoms with E-state index < -0.39 is 10.0 Å². The Morgan fingerprint density at radius 2 is 2.15 bits per heavy atom. The lowest BCUT2D eigenvalue weighted by Crippen LogP contribution is -2.46. The summed E-state index contributed by atoms with van der Waals surface area (Å²) < 4.78 is 27.8. The summed E-state index contributed by atoms with van der Waals surface area (Å²) in [5.74, 6) is 0.673. The second-order valence-electron chi connectivity index (χ2n) is 6.93. The molecule has 1 heterocycles. The van der Waals surface area contributed by atoms with Crippen molar-refractivity contribution in [2.24, 2.45) is 16.7 Å². The van der Waals surface area contributed by atoms with Gasteiger partial charge in [-0.2, -0.15) is 5.10 Å². The van der Waals surface area contributed by atoms with Crippen LogP contribution < -0.4 is 10.5 Å². The summed E-state index contributed by atoms with van der Waals surface area (Å²) in [6.45, 7) is 6.71. The van der Waals surface area contributed by atoms with Crippen LogP contribution in [-0.2, 0) is 10.0 Å². The van der Waals surface area contributed by atoms with Crippen molar-refractivity contribution in [3.8, 4) is 0 Å². The van der Waals surface area contributed by atoms with Crippen molar-refractivity contribution in [1.29, 1.82) is 0 Å². The monoisotopic (exact) mass is 298 g/mol. The molecule has 0 amide bonds. The van der Waals surface area contributed by atoms with Crippen molar-refractivity contribution in [3.63, 3.8) is 0 Å². The first-order chi connectivity index (χ1) is 9.18. The van der Waals surface area contributed by atoms with Crippen LogP contribution >= 0.6 is 0 Å². The average molecular weight is 298 g/mol. The highest BCUT2D eigenvalue weighted by atomic mass is 32.2. The Morgan fingerprint density at radius 1 is 1.45 bits per heavy atom. The Morgan fingerprint density at radius 3 is 2.60 bits per heavy atom. The summed E-state index contributed by atoms with van der Waals surface area (Å²) in [5.41, 5.74) is 5.80. The van der Waals surface area contributed by atoms with Gasteiger partial charge >= 0.3 is 0 Å². The summed E-state index contributed by atoms with van der Waals surface area (Å²) in [4.78, 5) is 0.0432. The number of rotatable bonds is 3. The van der Waals surface area contributed by atoms with E-state index in [1.807, 2.05) is 0 Å². The molecule has 1 aromatic rings. The third-order valence-electron chi connectivity index (χ3n) is 6.01. The fourth-order valence-electron chi connectivity index (χ4n) is 4.13. The second-order valence-corrected chi connectivity index (χ2v) is 8.61. The van der Waals surface area contributed by atoms with E-state index in [9.17, 15) is 8.42 Å². The van der Waals surface area contributed by atoms with Crippen molar-refractivity contribution in [2.45, 2.75) is 51.0 Å². The number of anilines is 1. The fraction of sp³-hybridized carbons (Fsp3) is 0.769. The first-order valence-corrected chi connectivity index (χ1v) is 8.48. The number of nitrogen functional groups attached to an aromatic ring is 1. The predicted octanol–water partition coefficient (Wildman–Crippen LogP) is 1.48. The number of hydrogen-bond donors (Lipinski definition) is 3. The highest BCUT2D eigenvalue weighted by Gasteiger charge is 2.61. The molecule has 3 unspecified atom stereocenters. The molecule has 0 saturated heterocycles. The molecule has 2 fully saturated rings. The molecule has 0 aromatic carbocycles. The van der Waals surface area contributed by atoms with E-state index in [0.29, 0.717) is 5.92 Å². The summed E-state index contributed by atoms with van der Waals surface area (Å²) in [5, 5.41) is 6.16. The third kappa shape index (κ3) is 1.65. The third-order valence-corrected chi connectivity index (χ3v) is 7.51. The van der Waals surface area contributed by atoms with Gasteiger partial charge in [0.1, 0.15) is 10.7 Å². The first-order valence-electron chi connectivity index (χ1n) is 7.00. The number of hydrogen-bond acceptors (Lipinski definition) is 4. The molecule has 7 heteroatoms. The van der Waals surface area contributed by atoms with Crippen molar-refractivity contribution in [3.05, 3.63) is 6.20 Å². The summed E-state index contributed by atoms with van der Waals surface area (Å²) >= 11 is 0. The number of sulfonamides is 1. The standard InChI is InChI=1S/C13H22N4O2S/c1-12(2)8-4-5-13(12,3)10(6-8)17-20(18,19)9-7-15-16-11(9)14/h7-8,10,17H,4-6H2,1-3H3,(H3,14,15,16). The number of nitrogens with zero attached hydrogens (tertiary/aromatic N) is 1. The smallest absolute Gasteiger partial charge is 0.246 e. The van der Waals surface area contributed by atoms with Crippen LogP contribution in [0.2, 0.25) is 0 Å². The van der Waals surface area contributed by atoms with E-state index in [0.717, 1.165) is 12.8 Å². The summed E-state index contributed by atoms with van der Waals surface area (Å²) in [6, 6.07) is -0.0319. The minimum Gasteiger partial charge on any atom is -0.383 e. The number of nitrogens with one attached hydrogen (secondary N) is 2. The zero-order valence-electron chi connectivity index (χ0n) is 12.1. The Balaban J connectivity index is 1.89. The van der Waals surface area contributed by atoms with Crippen LogP contribution in [0, 0.1) is 16.7 Å². The molecule has 112 valence electrons. The number of aromatic nitrogens is 2. The molecule has 1 aromatic heterocycles. The minimum absolute atomic E-state index is 0.00321. The zero-order valence-corrected chi connectivity index (χ0v) is 12.9. The Bertz CT molecular complexity index is 637. The van der Waals surface area contributed by atoms with Gasteiger partial charge in [-0.3, -0.25) is 5.10 Å². The molecule has 2 aliphatic rings. The van der Waals surface area contributed by atoms with E-state index in [1.54, 1.807) is 0 Å². The van der Waals surface area contributed by atoms with E-state index >= 15 is 0 Å². The molecule has 20 heavy (non-hydrogen) atoms. The number of H-pyrrole nitrogens is 1. The Hall–Kier alpha value is -1.08. The number of aromatic amines is 1. The molecule has 4 N–H and O–H groups in total. The van der Waals surface area contributed by atoms with Crippen LogP contribution in [-0.4, -0.2) is 24.7 Å². The van der Waals surface area contributed by atoms with Gasteiger partial charge in [0.15, 0.2) is 0 Å². The Kier molecular flexibility index (Phi) is 2.76. The van der Waals surface area contributed by atoms with Crippen molar-refractivity contribution < 1.29 is 8.42 Å². The average Bonchev–Trinajstić information content (AvgIpc) is 2.91. The lowest BCUT2D eigenvalue weighted by Gasteiger charge is -2.39. The van der Waals surface area contributed by atoms with Crippen molar-refractivity contribution in [1.82, 2.24) is 14.9 Å². The van der Waals surface area contributed by atoms with Gasteiger partial charge in [-0.1, -0.05) is 20.8 Å². The molecule has 0 spiro atoms. The molecular weight excluding hydrogens is 276 g/mol. The van der Waals surface area contributed by atoms with Gasteiger partial charge in [-0.15, -0.1) is 0 Å². The van der Waals surface area contributed by atoms with Gasteiger partial charge in [-0.05, 0) is 36.0 Å². The van der Waals surface area contributed by atoms with Gasteiger partial charge < -0.3 is 5.73 Å². The maximum absolute atomic E-state index is 12.4. The van der Waals surface area contributed by atoms with Crippen LogP contribution in [0.15, 0.2) is 11.1 Å². The summed E-state index contributed by atoms with van der Waals surface area (Å²) in [7, 11) is -3.61. The van der Waals surface area contributed by atoms with Crippen LogP contribution in [0.4, 0.5) is 5.82 Å². The molecular formula is C13H22N4O2S. The quantitative estimate of drug-likeness (QED) is 0.786.